The summed E-state index contributed by atoms with van der Waals surface area (Å²) in [5, 5.41) is 10.1. The van der Waals surface area contributed by atoms with Gasteiger partial charge in [0.05, 0.1) is 10.6 Å². The molecule has 0 aromatic heterocycles. The van der Waals surface area contributed by atoms with E-state index in [2.05, 4.69) is 0 Å². The first-order chi connectivity index (χ1) is 7.74. The zero-order valence-electron chi connectivity index (χ0n) is 8.57. The maximum Gasteiger partial charge on any atom is 0.172 e. The van der Waals surface area contributed by atoms with Gasteiger partial charge in [-0.15, -0.1) is 0 Å². The molecule has 0 saturated heterocycles. The Morgan fingerprint density at radius 2 is 2.19 bits per heavy atom. The van der Waals surface area contributed by atoms with Gasteiger partial charge in [-0.05, 0) is 0 Å². The lowest BCUT2D eigenvalue weighted by Gasteiger charge is -2.21. The van der Waals surface area contributed by atoms with Gasteiger partial charge in [0.1, 0.15) is 19.0 Å². The number of phenols is 1. The molecule has 1 aliphatic heterocycles. The molecule has 0 amide bonds. The van der Waals surface area contributed by atoms with Crippen molar-refractivity contribution >= 4 is 17.7 Å². The van der Waals surface area contributed by atoms with Crippen molar-refractivity contribution in [2.24, 2.45) is 5.73 Å². The van der Waals surface area contributed by atoms with E-state index in [1.807, 2.05) is 0 Å². The lowest BCUT2D eigenvalue weighted by atomic mass is 10.1. The molecule has 5 heteroatoms. The van der Waals surface area contributed by atoms with Crippen molar-refractivity contribution in [1.29, 1.82) is 0 Å². The van der Waals surface area contributed by atoms with Crippen molar-refractivity contribution in [1.82, 2.24) is 0 Å². The lowest BCUT2D eigenvalue weighted by molar-refractivity contribution is 0.170. The summed E-state index contributed by atoms with van der Waals surface area (Å²) in [6.07, 6.45) is 3.39. The Morgan fingerprint density at radius 1 is 1.44 bits per heavy atom. The summed E-state index contributed by atoms with van der Waals surface area (Å²) in [7, 11) is 0. The molecule has 1 aliphatic rings. The van der Waals surface area contributed by atoms with E-state index in [-0.39, 0.29) is 10.8 Å². The molecule has 2 rings (SSSR count). The van der Waals surface area contributed by atoms with Crippen molar-refractivity contribution < 1.29 is 14.6 Å². The highest BCUT2D eigenvalue weighted by Crippen LogP contribution is 2.44. The van der Waals surface area contributed by atoms with Crippen LogP contribution in [0.4, 0.5) is 0 Å². The first kappa shape index (κ1) is 11.1. The van der Waals surface area contributed by atoms with Crippen LogP contribution in [0.2, 0.25) is 5.02 Å². The molecule has 86 valence electrons. The van der Waals surface area contributed by atoms with Gasteiger partial charge in [-0.25, -0.2) is 0 Å². The number of benzene rings is 1. The Hall–Kier alpha value is -1.39. The van der Waals surface area contributed by atoms with E-state index in [1.54, 1.807) is 18.2 Å². The summed E-state index contributed by atoms with van der Waals surface area (Å²) in [6, 6.07) is 1.55. The summed E-state index contributed by atoms with van der Waals surface area (Å²) < 4.78 is 10.8. The molecular formula is C11H12ClNO3. The van der Waals surface area contributed by atoms with E-state index in [4.69, 9.17) is 26.8 Å². The van der Waals surface area contributed by atoms with Crippen molar-refractivity contribution in [3.8, 4) is 17.2 Å². The molecule has 3 N–H and O–H groups in total. The molecule has 0 radical (unpaired) electrons. The fraction of sp³-hybridized carbons (Fsp3) is 0.273. The highest BCUT2D eigenvalue weighted by atomic mass is 35.5. The second kappa shape index (κ2) is 4.63. The molecule has 0 fully saturated rings. The zero-order valence-corrected chi connectivity index (χ0v) is 9.33. The van der Waals surface area contributed by atoms with Gasteiger partial charge in [0.25, 0.3) is 0 Å². The van der Waals surface area contributed by atoms with Crippen LogP contribution in [0.25, 0.3) is 6.08 Å². The molecule has 1 aromatic carbocycles. The third-order valence-electron chi connectivity index (χ3n) is 2.22. The van der Waals surface area contributed by atoms with Crippen LogP contribution in [0.1, 0.15) is 5.56 Å². The molecule has 1 heterocycles. The second-order valence-electron chi connectivity index (χ2n) is 3.28. The number of halogens is 1. The highest BCUT2D eigenvalue weighted by Gasteiger charge is 2.20. The largest absolute Gasteiger partial charge is 0.506 e. The Labute approximate surface area is 98.2 Å². The van der Waals surface area contributed by atoms with Gasteiger partial charge in [-0.2, -0.15) is 0 Å². The molecule has 16 heavy (non-hydrogen) atoms. The Kier molecular flexibility index (Phi) is 3.22. The maximum absolute atomic E-state index is 9.82. The summed E-state index contributed by atoms with van der Waals surface area (Å²) >= 11 is 5.88. The Balaban J connectivity index is 2.54. The topological polar surface area (TPSA) is 64.7 Å². The molecule has 4 nitrogen and oxygen atoms in total. The van der Waals surface area contributed by atoms with Crippen LogP contribution in [0.5, 0.6) is 17.2 Å². The summed E-state index contributed by atoms with van der Waals surface area (Å²) in [6.45, 7) is 1.31. The molecule has 0 spiro atoms. The zero-order chi connectivity index (χ0) is 11.5. The fourth-order valence-electron chi connectivity index (χ4n) is 1.51. The molecule has 0 unspecified atom stereocenters. The van der Waals surface area contributed by atoms with E-state index in [1.165, 1.54) is 0 Å². The molecule has 0 atom stereocenters. The highest BCUT2D eigenvalue weighted by molar-refractivity contribution is 6.32. The van der Waals surface area contributed by atoms with E-state index < -0.39 is 0 Å². The van der Waals surface area contributed by atoms with Crippen LogP contribution in [-0.2, 0) is 0 Å². The Morgan fingerprint density at radius 3 is 2.94 bits per heavy atom. The van der Waals surface area contributed by atoms with Crippen LogP contribution in [0.15, 0.2) is 12.1 Å². The average molecular weight is 242 g/mol. The molecule has 0 aliphatic carbocycles. The summed E-state index contributed by atoms with van der Waals surface area (Å²) in [4.78, 5) is 0. The van der Waals surface area contributed by atoms with E-state index in [0.29, 0.717) is 36.8 Å². The van der Waals surface area contributed by atoms with Crippen LogP contribution in [0.3, 0.4) is 0 Å². The van der Waals surface area contributed by atoms with Gasteiger partial charge >= 0.3 is 0 Å². The monoisotopic (exact) mass is 241 g/mol. The number of hydrogen-bond donors (Lipinski definition) is 2. The number of fused-ring (bicyclic) bond motifs is 1. The third kappa shape index (κ3) is 1.94. The minimum absolute atomic E-state index is 0.0179. The van der Waals surface area contributed by atoms with Crippen LogP contribution in [-0.4, -0.2) is 24.9 Å². The first-order valence-corrected chi connectivity index (χ1v) is 5.29. The van der Waals surface area contributed by atoms with Gasteiger partial charge in [0.15, 0.2) is 11.5 Å². The number of phenolic OH excluding ortho intramolecular Hbond substituents is 1. The number of rotatable bonds is 2. The molecule has 1 aromatic rings. The number of nitrogens with two attached hydrogens (primary N) is 1. The lowest BCUT2D eigenvalue weighted by Crippen LogP contribution is -2.16. The number of aromatic hydroxyl groups is 1. The van der Waals surface area contributed by atoms with Gasteiger partial charge in [-0.3, -0.25) is 0 Å². The molecule has 0 saturated carbocycles. The van der Waals surface area contributed by atoms with E-state index in [0.717, 1.165) is 0 Å². The fourth-order valence-corrected chi connectivity index (χ4v) is 1.71. The normalized spacial score (nSPS) is 14.4. The number of ether oxygens (including phenoxy) is 2. The standard InChI is InChI=1S/C11H12ClNO3/c12-8-6-9-11(16-5-4-15-9)7(10(8)14)2-1-3-13/h1-2,6,14H,3-5,13H2/b2-1+. The quantitative estimate of drug-likeness (QED) is 0.829. The molecular weight excluding hydrogens is 230 g/mol. The predicted molar refractivity (Wildman–Crippen MR) is 62.2 cm³/mol. The molecule has 0 bridgehead atoms. The van der Waals surface area contributed by atoms with Gasteiger partial charge in [-0.1, -0.05) is 23.8 Å². The van der Waals surface area contributed by atoms with Crippen molar-refractivity contribution in [3.05, 3.63) is 22.7 Å². The van der Waals surface area contributed by atoms with Crippen molar-refractivity contribution in [3.63, 3.8) is 0 Å². The second-order valence-corrected chi connectivity index (χ2v) is 3.69. The van der Waals surface area contributed by atoms with Crippen LogP contribution in [0, 0.1) is 0 Å². The summed E-state index contributed by atoms with van der Waals surface area (Å²) in [5.74, 6) is 1.04. The average Bonchev–Trinajstić information content (AvgIpc) is 2.30. The Bertz CT molecular complexity index is 432. The van der Waals surface area contributed by atoms with Gasteiger partial charge in [0.2, 0.25) is 0 Å². The third-order valence-corrected chi connectivity index (χ3v) is 2.50. The van der Waals surface area contributed by atoms with E-state index >= 15 is 0 Å². The predicted octanol–water partition coefficient (Wildman–Crippen LogP) is 1.79. The van der Waals surface area contributed by atoms with Gasteiger partial charge in [0, 0.05) is 12.6 Å². The van der Waals surface area contributed by atoms with E-state index in [9.17, 15) is 5.11 Å². The summed E-state index contributed by atoms with van der Waals surface area (Å²) in [5.41, 5.74) is 5.87. The van der Waals surface area contributed by atoms with Crippen molar-refractivity contribution in [2.45, 2.75) is 0 Å². The van der Waals surface area contributed by atoms with Crippen LogP contribution >= 0.6 is 11.6 Å². The first-order valence-electron chi connectivity index (χ1n) is 4.91. The minimum Gasteiger partial charge on any atom is -0.506 e. The SMILES string of the molecule is NC/C=C/c1c(O)c(Cl)cc2c1OCCO2. The van der Waals surface area contributed by atoms with Crippen molar-refractivity contribution in [2.75, 3.05) is 19.8 Å². The minimum atomic E-state index is -0.0179. The smallest absolute Gasteiger partial charge is 0.172 e. The van der Waals surface area contributed by atoms with Crippen LogP contribution < -0.4 is 15.2 Å². The number of hydrogen-bond acceptors (Lipinski definition) is 4. The van der Waals surface area contributed by atoms with Gasteiger partial charge < -0.3 is 20.3 Å². The maximum atomic E-state index is 9.82.